The van der Waals surface area contributed by atoms with E-state index in [0.29, 0.717) is 0 Å². The molecule has 0 fully saturated rings. The number of rotatable bonds is 3. The van der Waals surface area contributed by atoms with Gasteiger partial charge in [0.25, 0.3) is 0 Å². The van der Waals surface area contributed by atoms with Crippen LogP contribution in [0.3, 0.4) is 0 Å². The number of aryl methyl sites for hydroxylation is 2. The first-order valence-electron chi connectivity index (χ1n) is 11.6. The molecule has 0 aliphatic heterocycles. The van der Waals surface area contributed by atoms with Crippen molar-refractivity contribution in [3.63, 3.8) is 0 Å². The molecule has 4 heterocycles. The zero-order valence-electron chi connectivity index (χ0n) is 19.7. The maximum atomic E-state index is 5.01. The molecule has 33 heavy (non-hydrogen) atoms. The van der Waals surface area contributed by atoms with Crippen molar-refractivity contribution < 1.29 is 0 Å². The van der Waals surface area contributed by atoms with Gasteiger partial charge in [0, 0.05) is 51.6 Å². The molecule has 1 nitrogen and oxygen atoms in total. The SMILES string of the molecule is CCCc1sc2ccc3sc4ccnc(-c5cc(C(C)(C)C)c6sccc6c5)c4c3c2c1C. The minimum atomic E-state index is 0.0794. The summed E-state index contributed by atoms with van der Waals surface area (Å²) < 4.78 is 5.49. The Hall–Kier alpha value is -2.27. The highest BCUT2D eigenvalue weighted by Gasteiger charge is 2.22. The summed E-state index contributed by atoms with van der Waals surface area (Å²) in [5.41, 5.74) is 5.30. The van der Waals surface area contributed by atoms with Crippen molar-refractivity contribution in [2.24, 2.45) is 0 Å². The third-order valence-corrected chi connectivity index (χ3v) is 10.0. The zero-order chi connectivity index (χ0) is 22.9. The molecule has 0 bridgehead atoms. The van der Waals surface area contributed by atoms with Crippen LogP contribution >= 0.6 is 34.0 Å². The highest BCUT2D eigenvalue weighted by Crippen LogP contribution is 2.47. The van der Waals surface area contributed by atoms with Crippen LogP contribution < -0.4 is 0 Å². The van der Waals surface area contributed by atoms with Crippen LogP contribution in [0.5, 0.6) is 0 Å². The van der Waals surface area contributed by atoms with E-state index in [0.717, 1.165) is 12.1 Å². The van der Waals surface area contributed by atoms with Crippen molar-refractivity contribution >= 4 is 74.4 Å². The van der Waals surface area contributed by atoms with Gasteiger partial charge in [-0.1, -0.05) is 34.1 Å². The number of thiophene rings is 3. The lowest BCUT2D eigenvalue weighted by molar-refractivity contribution is 0.597. The van der Waals surface area contributed by atoms with Gasteiger partial charge >= 0.3 is 0 Å². The molecule has 0 saturated heterocycles. The molecule has 0 saturated carbocycles. The van der Waals surface area contributed by atoms with Crippen LogP contribution in [0.1, 0.15) is 50.1 Å². The van der Waals surface area contributed by atoms with Gasteiger partial charge in [0.15, 0.2) is 0 Å². The van der Waals surface area contributed by atoms with E-state index >= 15 is 0 Å². The predicted molar refractivity (Wildman–Crippen MR) is 151 cm³/mol. The molecular formula is C29H27NS3. The van der Waals surface area contributed by atoms with Gasteiger partial charge in [-0.25, -0.2) is 0 Å². The Bertz CT molecular complexity index is 1670. The van der Waals surface area contributed by atoms with Gasteiger partial charge in [-0.05, 0) is 77.1 Å². The second kappa shape index (κ2) is 7.63. The Balaban J connectivity index is 1.74. The molecule has 166 valence electrons. The zero-order valence-corrected chi connectivity index (χ0v) is 22.2. The van der Waals surface area contributed by atoms with Crippen molar-refractivity contribution in [2.75, 3.05) is 0 Å². The average Bonchev–Trinajstić information content (AvgIpc) is 3.48. The van der Waals surface area contributed by atoms with Gasteiger partial charge < -0.3 is 0 Å². The molecule has 4 aromatic heterocycles. The minimum Gasteiger partial charge on any atom is -0.256 e. The molecule has 0 amide bonds. The van der Waals surface area contributed by atoms with Gasteiger partial charge in [-0.3, -0.25) is 4.98 Å². The summed E-state index contributed by atoms with van der Waals surface area (Å²) in [6.45, 7) is 11.5. The second-order valence-corrected chi connectivity index (χ2v) is 13.1. The third kappa shape index (κ3) is 3.26. The Morgan fingerprint density at radius 1 is 0.879 bits per heavy atom. The van der Waals surface area contributed by atoms with E-state index in [1.165, 1.54) is 68.3 Å². The van der Waals surface area contributed by atoms with Crippen LogP contribution in [0.2, 0.25) is 0 Å². The number of hydrogen-bond acceptors (Lipinski definition) is 4. The number of benzene rings is 2. The molecule has 6 aromatic rings. The van der Waals surface area contributed by atoms with E-state index in [-0.39, 0.29) is 5.41 Å². The van der Waals surface area contributed by atoms with Gasteiger partial charge in [0.1, 0.15) is 0 Å². The summed E-state index contributed by atoms with van der Waals surface area (Å²) in [4.78, 5) is 6.53. The molecule has 0 aliphatic carbocycles. The maximum absolute atomic E-state index is 5.01. The molecule has 0 aliphatic rings. The fourth-order valence-corrected chi connectivity index (χ4v) is 8.59. The van der Waals surface area contributed by atoms with E-state index in [1.54, 1.807) is 0 Å². The van der Waals surface area contributed by atoms with Crippen LogP contribution in [0.25, 0.3) is 51.6 Å². The molecule has 0 atom stereocenters. The molecule has 0 spiro atoms. The maximum Gasteiger partial charge on any atom is 0.0795 e. The number of hydrogen-bond donors (Lipinski definition) is 0. The molecule has 0 radical (unpaired) electrons. The van der Waals surface area contributed by atoms with Gasteiger partial charge in [-0.2, -0.15) is 0 Å². The number of fused-ring (bicyclic) bond motifs is 6. The smallest absolute Gasteiger partial charge is 0.0795 e. The van der Waals surface area contributed by atoms with E-state index < -0.39 is 0 Å². The molecule has 6 rings (SSSR count). The Labute approximate surface area is 206 Å². The highest BCUT2D eigenvalue weighted by atomic mass is 32.1. The van der Waals surface area contributed by atoms with Crippen molar-refractivity contribution in [3.8, 4) is 11.3 Å². The highest BCUT2D eigenvalue weighted by molar-refractivity contribution is 7.26. The normalized spacial score (nSPS) is 12.6. The first-order valence-corrected chi connectivity index (χ1v) is 14.1. The Kier molecular flexibility index (Phi) is 4.92. The summed E-state index contributed by atoms with van der Waals surface area (Å²) >= 11 is 5.72. The number of nitrogens with zero attached hydrogens (tertiary/aromatic N) is 1. The summed E-state index contributed by atoms with van der Waals surface area (Å²) in [6.07, 6.45) is 4.33. The lowest BCUT2D eigenvalue weighted by Gasteiger charge is -2.21. The van der Waals surface area contributed by atoms with Crippen LogP contribution in [0.15, 0.2) is 48.0 Å². The van der Waals surface area contributed by atoms with Crippen molar-refractivity contribution in [1.82, 2.24) is 4.98 Å². The predicted octanol–water partition coefficient (Wildman–Crippen LogP) is 10.1. The quantitative estimate of drug-likeness (QED) is 0.243. The lowest BCUT2D eigenvalue weighted by atomic mass is 9.84. The largest absolute Gasteiger partial charge is 0.256 e. The summed E-state index contributed by atoms with van der Waals surface area (Å²) in [6, 6.07) is 13.8. The van der Waals surface area contributed by atoms with Crippen LogP contribution in [-0.2, 0) is 11.8 Å². The summed E-state index contributed by atoms with van der Waals surface area (Å²) in [5.74, 6) is 0. The van der Waals surface area contributed by atoms with Crippen LogP contribution in [0.4, 0.5) is 0 Å². The Morgan fingerprint density at radius 3 is 2.39 bits per heavy atom. The monoisotopic (exact) mass is 485 g/mol. The second-order valence-electron chi connectivity index (χ2n) is 9.96. The van der Waals surface area contributed by atoms with Crippen molar-refractivity contribution in [1.29, 1.82) is 0 Å². The van der Waals surface area contributed by atoms with E-state index in [2.05, 4.69) is 76.4 Å². The molecular weight excluding hydrogens is 459 g/mol. The molecule has 4 heteroatoms. The summed E-state index contributed by atoms with van der Waals surface area (Å²) in [7, 11) is 0. The number of pyridine rings is 1. The Morgan fingerprint density at radius 2 is 1.64 bits per heavy atom. The first kappa shape index (κ1) is 21.3. The van der Waals surface area contributed by atoms with Gasteiger partial charge in [0.2, 0.25) is 0 Å². The van der Waals surface area contributed by atoms with Crippen LogP contribution in [-0.4, -0.2) is 4.98 Å². The first-order chi connectivity index (χ1) is 15.9. The van der Waals surface area contributed by atoms with Crippen molar-refractivity contribution in [3.05, 3.63) is 64.0 Å². The standard InChI is InChI=1S/C29H27NS3/c1-6-7-20-16(2)24-21(32-20)8-9-22-25(24)26-23(33-22)10-12-30-27(26)18-14-17-11-13-31-28(17)19(15-18)29(3,4)5/h8-15H,6-7H2,1-5H3. The fourth-order valence-electron chi connectivity index (χ4n) is 5.05. The van der Waals surface area contributed by atoms with Crippen LogP contribution in [0, 0.1) is 6.92 Å². The van der Waals surface area contributed by atoms with E-state index in [9.17, 15) is 0 Å². The van der Waals surface area contributed by atoms with E-state index in [4.69, 9.17) is 4.98 Å². The van der Waals surface area contributed by atoms with Gasteiger partial charge in [-0.15, -0.1) is 34.0 Å². The van der Waals surface area contributed by atoms with Gasteiger partial charge in [0.05, 0.1) is 5.69 Å². The van der Waals surface area contributed by atoms with Crippen molar-refractivity contribution in [2.45, 2.75) is 52.9 Å². The average molecular weight is 486 g/mol. The minimum absolute atomic E-state index is 0.0794. The lowest BCUT2D eigenvalue weighted by Crippen LogP contribution is -2.11. The van der Waals surface area contributed by atoms with E-state index in [1.807, 2.05) is 40.2 Å². The molecule has 2 aromatic carbocycles. The fraction of sp³-hybridized carbons (Fsp3) is 0.276. The molecule has 0 N–H and O–H groups in total. The third-order valence-electron chi connectivity index (χ3n) is 6.65. The topological polar surface area (TPSA) is 12.9 Å². The number of aromatic nitrogens is 1. The summed E-state index contributed by atoms with van der Waals surface area (Å²) in [5, 5.41) is 7.69. The molecule has 0 unspecified atom stereocenters.